The molecule has 0 bridgehead atoms. The maximum atomic E-state index is 12.6. The summed E-state index contributed by atoms with van der Waals surface area (Å²) in [4.78, 5) is 1.14. The molecule has 0 radical (unpaired) electrons. The van der Waals surface area contributed by atoms with Crippen LogP contribution in [0.15, 0.2) is 39.0 Å². The van der Waals surface area contributed by atoms with Crippen LogP contribution in [-0.4, -0.2) is 15.5 Å². The van der Waals surface area contributed by atoms with Gasteiger partial charge in [-0.3, -0.25) is 4.31 Å². The minimum absolute atomic E-state index is 0.358. The summed E-state index contributed by atoms with van der Waals surface area (Å²) >= 11 is 4.76. The van der Waals surface area contributed by atoms with E-state index in [1.165, 1.54) is 21.2 Å². The molecular formula is C14H16BrNO2S2. The summed E-state index contributed by atoms with van der Waals surface area (Å²) in [5.41, 5.74) is 1.86. The first-order valence-electron chi connectivity index (χ1n) is 6.20. The number of sulfonamides is 1. The number of hydrogen-bond acceptors (Lipinski definition) is 3. The Balaban J connectivity index is 2.40. The summed E-state index contributed by atoms with van der Waals surface area (Å²) in [6, 6.07) is 9.25. The number of aryl methyl sites for hydroxylation is 2. The molecular weight excluding hydrogens is 358 g/mol. The highest BCUT2D eigenvalue weighted by Gasteiger charge is 2.25. The van der Waals surface area contributed by atoms with Crippen LogP contribution < -0.4 is 4.31 Å². The number of hydrogen-bond donors (Lipinski definition) is 0. The quantitative estimate of drug-likeness (QED) is 0.804. The fraction of sp³-hybridized carbons (Fsp3) is 0.286. The van der Waals surface area contributed by atoms with E-state index in [9.17, 15) is 8.42 Å². The fourth-order valence-electron chi connectivity index (χ4n) is 1.91. The standard InChI is InChI=1S/C14H16BrNO2S2/c1-4-11-5-7-12(8-6-11)16(3)20(17,18)13-9-14(15)19-10(13)2/h5-9H,4H2,1-3H3. The molecule has 20 heavy (non-hydrogen) atoms. The molecule has 0 aliphatic carbocycles. The van der Waals surface area contributed by atoms with Crippen LogP contribution in [0.3, 0.4) is 0 Å². The molecule has 1 aromatic carbocycles. The summed E-state index contributed by atoms with van der Waals surface area (Å²) < 4.78 is 27.4. The second-order valence-electron chi connectivity index (χ2n) is 4.46. The van der Waals surface area contributed by atoms with Gasteiger partial charge in [0.25, 0.3) is 10.0 Å². The first-order valence-corrected chi connectivity index (χ1v) is 9.25. The molecule has 0 aliphatic heterocycles. The van der Waals surface area contributed by atoms with Crippen molar-refractivity contribution in [2.24, 2.45) is 0 Å². The van der Waals surface area contributed by atoms with Gasteiger partial charge in [0.1, 0.15) is 4.90 Å². The molecule has 0 aliphatic rings. The zero-order valence-corrected chi connectivity index (χ0v) is 14.8. The molecule has 0 unspecified atom stereocenters. The molecule has 1 aromatic heterocycles. The van der Waals surface area contributed by atoms with E-state index in [2.05, 4.69) is 22.9 Å². The molecule has 0 spiro atoms. The van der Waals surface area contributed by atoms with Crippen molar-refractivity contribution >= 4 is 43.0 Å². The third-order valence-corrected chi connectivity index (χ3v) is 6.78. The monoisotopic (exact) mass is 373 g/mol. The van der Waals surface area contributed by atoms with E-state index in [0.29, 0.717) is 10.6 Å². The van der Waals surface area contributed by atoms with E-state index >= 15 is 0 Å². The average molecular weight is 374 g/mol. The molecule has 0 atom stereocenters. The minimum atomic E-state index is -3.51. The van der Waals surface area contributed by atoms with Gasteiger partial charge >= 0.3 is 0 Å². The van der Waals surface area contributed by atoms with Gasteiger partial charge in [-0.2, -0.15) is 0 Å². The van der Waals surface area contributed by atoms with Crippen molar-refractivity contribution in [1.82, 2.24) is 0 Å². The van der Waals surface area contributed by atoms with E-state index in [1.807, 2.05) is 31.2 Å². The van der Waals surface area contributed by atoms with Crippen molar-refractivity contribution in [1.29, 1.82) is 0 Å². The maximum absolute atomic E-state index is 12.6. The van der Waals surface area contributed by atoms with Crippen molar-refractivity contribution in [3.8, 4) is 0 Å². The van der Waals surface area contributed by atoms with Crippen LogP contribution in [-0.2, 0) is 16.4 Å². The predicted molar refractivity (Wildman–Crippen MR) is 88.2 cm³/mol. The number of anilines is 1. The summed E-state index contributed by atoms with van der Waals surface area (Å²) in [6.07, 6.45) is 0.938. The van der Waals surface area contributed by atoms with E-state index < -0.39 is 10.0 Å². The van der Waals surface area contributed by atoms with E-state index in [0.717, 1.165) is 15.1 Å². The predicted octanol–water partition coefficient (Wildman–Crippen LogP) is 4.21. The highest BCUT2D eigenvalue weighted by atomic mass is 79.9. The van der Waals surface area contributed by atoms with Crippen LogP contribution in [0.25, 0.3) is 0 Å². The normalized spacial score (nSPS) is 11.6. The Morgan fingerprint density at radius 2 is 1.85 bits per heavy atom. The van der Waals surface area contributed by atoms with Crippen molar-refractivity contribution in [3.63, 3.8) is 0 Å². The maximum Gasteiger partial charge on any atom is 0.265 e. The van der Waals surface area contributed by atoms with Gasteiger partial charge in [-0.15, -0.1) is 11.3 Å². The third kappa shape index (κ3) is 2.92. The highest BCUT2D eigenvalue weighted by Crippen LogP contribution is 2.32. The van der Waals surface area contributed by atoms with Gasteiger partial charge in [-0.1, -0.05) is 19.1 Å². The van der Waals surface area contributed by atoms with E-state index in [4.69, 9.17) is 0 Å². The molecule has 6 heteroatoms. The average Bonchev–Trinajstić information content (AvgIpc) is 2.77. The van der Waals surface area contributed by atoms with E-state index in [-0.39, 0.29) is 0 Å². The van der Waals surface area contributed by atoms with Gasteiger partial charge in [0.05, 0.1) is 9.47 Å². The lowest BCUT2D eigenvalue weighted by Gasteiger charge is -2.19. The first kappa shape index (κ1) is 15.5. The lowest BCUT2D eigenvalue weighted by atomic mass is 10.1. The van der Waals surface area contributed by atoms with Crippen LogP contribution in [0, 0.1) is 6.92 Å². The third-order valence-electron chi connectivity index (χ3n) is 3.19. The SMILES string of the molecule is CCc1ccc(N(C)S(=O)(=O)c2cc(Br)sc2C)cc1. The van der Waals surface area contributed by atoms with Crippen molar-refractivity contribution < 1.29 is 8.42 Å². The Morgan fingerprint density at radius 1 is 1.25 bits per heavy atom. The Morgan fingerprint density at radius 3 is 2.30 bits per heavy atom. The summed E-state index contributed by atoms with van der Waals surface area (Å²) in [5, 5.41) is 0. The lowest BCUT2D eigenvalue weighted by Crippen LogP contribution is -2.26. The van der Waals surface area contributed by atoms with E-state index in [1.54, 1.807) is 13.1 Å². The number of benzene rings is 1. The fourth-order valence-corrected chi connectivity index (χ4v) is 5.49. The molecule has 3 nitrogen and oxygen atoms in total. The molecule has 1 heterocycles. The topological polar surface area (TPSA) is 37.4 Å². The van der Waals surface area contributed by atoms with Gasteiger partial charge in [-0.05, 0) is 53.0 Å². The number of halogens is 1. The second kappa shape index (κ2) is 5.87. The summed E-state index contributed by atoms with van der Waals surface area (Å²) in [5.74, 6) is 0. The molecule has 2 rings (SSSR count). The van der Waals surface area contributed by atoms with Gasteiger partial charge < -0.3 is 0 Å². The molecule has 0 saturated carbocycles. The molecule has 0 N–H and O–H groups in total. The zero-order valence-electron chi connectivity index (χ0n) is 11.6. The lowest BCUT2D eigenvalue weighted by molar-refractivity contribution is 0.594. The van der Waals surface area contributed by atoms with Crippen LogP contribution in [0.5, 0.6) is 0 Å². The van der Waals surface area contributed by atoms with Crippen LogP contribution in [0.2, 0.25) is 0 Å². The summed E-state index contributed by atoms with van der Waals surface area (Å²) in [7, 11) is -1.92. The molecule has 0 amide bonds. The van der Waals surface area contributed by atoms with Gasteiger partial charge in [-0.25, -0.2) is 8.42 Å². The Bertz CT molecular complexity index is 705. The van der Waals surface area contributed by atoms with Crippen molar-refractivity contribution in [3.05, 3.63) is 44.6 Å². The zero-order chi connectivity index (χ0) is 14.9. The smallest absolute Gasteiger partial charge is 0.265 e. The Hall–Kier alpha value is -0.850. The van der Waals surface area contributed by atoms with Crippen molar-refractivity contribution in [2.75, 3.05) is 11.4 Å². The molecule has 0 saturated heterocycles. The number of nitrogens with zero attached hydrogens (tertiary/aromatic N) is 1. The van der Waals surface area contributed by atoms with Crippen LogP contribution >= 0.6 is 27.3 Å². The number of thiophene rings is 1. The van der Waals surface area contributed by atoms with Gasteiger partial charge in [0.15, 0.2) is 0 Å². The largest absolute Gasteiger partial charge is 0.269 e. The highest BCUT2D eigenvalue weighted by molar-refractivity contribution is 9.11. The Labute approximate surface area is 132 Å². The summed E-state index contributed by atoms with van der Waals surface area (Å²) in [6.45, 7) is 3.89. The van der Waals surface area contributed by atoms with Gasteiger partial charge in [0.2, 0.25) is 0 Å². The molecule has 108 valence electrons. The minimum Gasteiger partial charge on any atom is -0.269 e. The first-order chi connectivity index (χ1) is 9.36. The number of rotatable bonds is 4. The second-order valence-corrected chi connectivity index (χ2v) is 9.04. The van der Waals surface area contributed by atoms with Crippen LogP contribution in [0.1, 0.15) is 17.4 Å². The molecule has 0 fully saturated rings. The Kier molecular flexibility index (Phi) is 4.56. The van der Waals surface area contributed by atoms with Crippen LogP contribution in [0.4, 0.5) is 5.69 Å². The van der Waals surface area contributed by atoms with Crippen molar-refractivity contribution in [2.45, 2.75) is 25.2 Å². The molecule has 2 aromatic rings. The van der Waals surface area contributed by atoms with Gasteiger partial charge in [0, 0.05) is 11.9 Å².